The molecule has 0 fully saturated rings. The smallest absolute Gasteiger partial charge is 0.278 e. The normalized spacial score (nSPS) is 10.6. The van der Waals surface area contributed by atoms with Gasteiger partial charge in [-0.05, 0) is 36.8 Å². The quantitative estimate of drug-likeness (QED) is 0.472. The number of aromatic nitrogens is 1. The molecule has 1 aromatic heterocycles. The Morgan fingerprint density at radius 3 is 2.39 bits per heavy atom. The van der Waals surface area contributed by atoms with Crippen molar-refractivity contribution in [2.75, 3.05) is 12.3 Å². The molecule has 0 unspecified atom stereocenters. The summed E-state index contributed by atoms with van der Waals surface area (Å²) in [6.07, 6.45) is 4.82. The van der Waals surface area contributed by atoms with E-state index in [1.807, 2.05) is 18.2 Å². The van der Waals surface area contributed by atoms with E-state index in [1.54, 1.807) is 36.4 Å². The maximum Gasteiger partial charge on any atom is 0.278 e. The van der Waals surface area contributed by atoms with Gasteiger partial charge in [-0.1, -0.05) is 50.1 Å². The first kappa shape index (κ1) is 19.4. The molecule has 0 saturated heterocycles. The van der Waals surface area contributed by atoms with Crippen molar-refractivity contribution in [1.29, 1.82) is 0 Å². The van der Waals surface area contributed by atoms with E-state index in [-0.39, 0.29) is 17.0 Å². The lowest BCUT2D eigenvalue weighted by Crippen LogP contribution is -2.23. The molecule has 0 aliphatic heterocycles. The SMILES string of the molecule is CCCCCOc1ccc(-n2cc(C(=O)c3ccccc3)cc(N)c2=O)cc1. The number of ketones is 1. The third kappa shape index (κ3) is 4.49. The van der Waals surface area contributed by atoms with Crippen molar-refractivity contribution in [3.8, 4) is 11.4 Å². The number of anilines is 1. The van der Waals surface area contributed by atoms with E-state index >= 15 is 0 Å². The molecule has 1 heterocycles. The molecule has 0 aliphatic carbocycles. The minimum absolute atomic E-state index is 0.0293. The highest BCUT2D eigenvalue weighted by Crippen LogP contribution is 2.17. The van der Waals surface area contributed by atoms with Crippen LogP contribution in [0.3, 0.4) is 0 Å². The van der Waals surface area contributed by atoms with Crippen molar-refractivity contribution in [3.63, 3.8) is 0 Å². The minimum atomic E-state index is -0.360. The monoisotopic (exact) mass is 376 g/mol. The van der Waals surface area contributed by atoms with Gasteiger partial charge in [-0.25, -0.2) is 0 Å². The second kappa shape index (κ2) is 9.04. The van der Waals surface area contributed by atoms with E-state index in [9.17, 15) is 9.59 Å². The number of nitrogens with zero attached hydrogens (tertiary/aromatic N) is 1. The zero-order valence-electron chi connectivity index (χ0n) is 15.9. The maximum absolute atomic E-state index is 12.7. The Labute approximate surface area is 164 Å². The van der Waals surface area contributed by atoms with Crippen LogP contribution in [-0.2, 0) is 0 Å². The Bertz CT molecular complexity index is 993. The molecule has 5 heteroatoms. The first-order valence-electron chi connectivity index (χ1n) is 9.45. The molecule has 0 bridgehead atoms. The van der Waals surface area contributed by atoms with Crippen LogP contribution in [0.4, 0.5) is 5.69 Å². The second-order valence-corrected chi connectivity index (χ2v) is 6.60. The van der Waals surface area contributed by atoms with Gasteiger partial charge in [0.25, 0.3) is 5.56 Å². The third-order valence-corrected chi connectivity index (χ3v) is 4.47. The molecule has 0 spiro atoms. The van der Waals surface area contributed by atoms with Gasteiger partial charge in [0.05, 0.1) is 12.3 Å². The minimum Gasteiger partial charge on any atom is -0.494 e. The average molecular weight is 376 g/mol. The Hall–Kier alpha value is -3.34. The fraction of sp³-hybridized carbons (Fsp3) is 0.217. The summed E-state index contributed by atoms with van der Waals surface area (Å²) in [6, 6.07) is 17.5. The van der Waals surface area contributed by atoms with Gasteiger partial charge < -0.3 is 10.5 Å². The highest BCUT2D eigenvalue weighted by Gasteiger charge is 2.13. The molecular formula is C23H24N2O3. The third-order valence-electron chi connectivity index (χ3n) is 4.47. The van der Waals surface area contributed by atoms with Crippen LogP contribution >= 0.6 is 0 Å². The number of nitrogen functional groups attached to an aromatic ring is 1. The Morgan fingerprint density at radius 1 is 1.00 bits per heavy atom. The number of ether oxygens (including phenoxy) is 1. The van der Waals surface area contributed by atoms with Crippen molar-refractivity contribution >= 4 is 11.5 Å². The Kier molecular flexibility index (Phi) is 6.27. The fourth-order valence-electron chi connectivity index (χ4n) is 2.92. The number of pyridine rings is 1. The number of hydrogen-bond acceptors (Lipinski definition) is 4. The second-order valence-electron chi connectivity index (χ2n) is 6.60. The van der Waals surface area contributed by atoms with Gasteiger partial charge in [-0.2, -0.15) is 0 Å². The first-order chi connectivity index (χ1) is 13.6. The topological polar surface area (TPSA) is 74.3 Å². The number of benzene rings is 2. The summed E-state index contributed by atoms with van der Waals surface area (Å²) in [5.41, 5.74) is 7.09. The van der Waals surface area contributed by atoms with Crippen LogP contribution in [0.15, 0.2) is 71.7 Å². The van der Waals surface area contributed by atoms with E-state index in [0.29, 0.717) is 23.4 Å². The molecule has 0 atom stereocenters. The molecule has 2 N–H and O–H groups in total. The average Bonchev–Trinajstić information content (AvgIpc) is 2.74. The molecule has 3 rings (SSSR count). The summed E-state index contributed by atoms with van der Waals surface area (Å²) < 4.78 is 7.10. The van der Waals surface area contributed by atoms with Gasteiger partial charge >= 0.3 is 0 Å². The highest BCUT2D eigenvalue weighted by atomic mass is 16.5. The predicted molar refractivity (Wildman–Crippen MR) is 111 cm³/mol. The predicted octanol–water partition coefficient (Wildman–Crippen LogP) is 4.22. The standard InChI is InChI=1S/C23H24N2O3/c1-2-3-7-14-28-20-12-10-19(11-13-20)25-16-18(15-21(24)23(25)27)22(26)17-8-5-4-6-9-17/h4-6,8-13,15-16H,2-3,7,14,24H2,1H3. The van der Waals surface area contributed by atoms with Crippen molar-refractivity contribution in [1.82, 2.24) is 4.57 Å². The Balaban J connectivity index is 1.86. The largest absolute Gasteiger partial charge is 0.494 e. The number of rotatable bonds is 8. The van der Waals surface area contributed by atoms with Crippen LogP contribution < -0.4 is 16.0 Å². The number of carbonyl (C=O) groups excluding carboxylic acids is 1. The maximum atomic E-state index is 12.7. The van der Waals surface area contributed by atoms with Crippen LogP contribution in [-0.4, -0.2) is 17.0 Å². The van der Waals surface area contributed by atoms with Gasteiger partial charge in [0.1, 0.15) is 5.75 Å². The van der Waals surface area contributed by atoms with E-state index in [0.717, 1.165) is 25.0 Å². The van der Waals surface area contributed by atoms with E-state index in [1.165, 1.54) is 16.8 Å². The Morgan fingerprint density at radius 2 is 1.71 bits per heavy atom. The molecule has 0 saturated carbocycles. The van der Waals surface area contributed by atoms with Gasteiger partial charge in [-0.15, -0.1) is 0 Å². The molecule has 5 nitrogen and oxygen atoms in total. The van der Waals surface area contributed by atoms with Gasteiger partial charge in [0.2, 0.25) is 0 Å². The number of nitrogens with two attached hydrogens (primary N) is 1. The molecule has 0 radical (unpaired) electrons. The van der Waals surface area contributed by atoms with Crippen molar-refractivity contribution < 1.29 is 9.53 Å². The number of carbonyl (C=O) groups is 1. The van der Waals surface area contributed by atoms with Crippen LogP contribution in [0.25, 0.3) is 5.69 Å². The number of unbranched alkanes of at least 4 members (excludes halogenated alkanes) is 2. The number of hydrogen-bond donors (Lipinski definition) is 1. The van der Waals surface area contributed by atoms with Crippen LogP contribution in [0.1, 0.15) is 42.1 Å². The molecule has 28 heavy (non-hydrogen) atoms. The lowest BCUT2D eigenvalue weighted by Gasteiger charge is -2.11. The lowest BCUT2D eigenvalue weighted by atomic mass is 10.0. The summed E-state index contributed by atoms with van der Waals surface area (Å²) >= 11 is 0. The van der Waals surface area contributed by atoms with E-state index in [2.05, 4.69) is 6.92 Å². The molecule has 144 valence electrons. The summed E-state index contributed by atoms with van der Waals surface area (Å²) in [5.74, 6) is 0.564. The molecule has 0 amide bonds. The fourth-order valence-corrected chi connectivity index (χ4v) is 2.92. The van der Waals surface area contributed by atoms with Gasteiger partial charge in [0, 0.05) is 23.0 Å². The zero-order chi connectivity index (χ0) is 19.9. The molecule has 3 aromatic rings. The van der Waals surface area contributed by atoms with Gasteiger partial charge in [0.15, 0.2) is 5.78 Å². The van der Waals surface area contributed by atoms with Gasteiger partial charge in [-0.3, -0.25) is 14.2 Å². The molecule has 2 aromatic carbocycles. The van der Waals surface area contributed by atoms with Crippen molar-refractivity contribution in [3.05, 3.63) is 88.3 Å². The highest BCUT2D eigenvalue weighted by molar-refractivity contribution is 6.09. The van der Waals surface area contributed by atoms with E-state index in [4.69, 9.17) is 10.5 Å². The van der Waals surface area contributed by atoms with Crippen molar-refractivity contribution in [2.45, 2.75) is 26.2 Å². The van der Waals surface area contributed by atoms with Crippen LogP contribution in [0, 0.1) is 0 Å². The first-order valence-corrected chi connectivity index (χ1v) is 9.45. The summed E-state index contributed by atoms with van der Waals surface area (Å²) in [7, 11) is 0. The zero-order valence-corrected chi connectivity index (χ0v) is 15.9. The summed E-state index contributed by atoms with van der Waals surface area (Å²) in [5, 5.41) is 0. The lowest BCUT2D eigenvalue weighted by molar-refractivity contribution is 0.103. The van der Waals surface area contributed by atoms with Crippen LogP contribution in [0.2, 0.25) is 0 Å². The molecule has 0 aliphatic rings. The summed E-state index contributed by atoms with van der Waals surface area (Å²) in [4.78, 5) is 25.2. The van der Waals surface area contributed by atoms with Crippen molar-refractivity contribution in [2.24, 2.45) is 0 Å². The molecular weight excluding hydrogens is 352 g/mol. The summed E-state index contributed by atoms with van der Waals surface area (Å²) in [6.45, 7) is 2.82. The van der Waals surface area contributed by atoms with E-state index < -0.39 is 0 Å². The van der Waals surface area contributed by atoms with Crippen LogP contribution in [0.5, 0.6) is 5.75 Å².